The van der Waals surface area contributed by atoms with Crippen LogP contribution in [0.3, 0.4) is 0 Å². The SMILES string of the molecule is c1cc2[nH]nc(-c3cnn(CC4CCCC4)c3)c2c(NC2CCOCC2)n1. The van der Waals surface area contributed by atoms with Crippen LogP contribution in [0.4, 0.5) is 5.82 Å². The van der Waals surface area contributed by atoms with Gasteiger partial charge in [0.2, 0.25) is 0 Å². The van der Waals surface area contributed by atoms with Gasteiger partial charge >= 0.3 is 0 Å². The number of nitrogens with one attached hydrogen (secondary N) is 2. The molecule has 0 aromatic carbocycles. The molecular weight excluding hydrogens is 340 g/mol. The second-order valence-electron chi connectivity index (χ2n) is 7.79. The van der Waals surface area contributed by atoms with Crippen molar-refractivity contribution < 1.29 is 4.74 Å². The zero-order valence-corrected chi connectivity index (χ0v) is 15.5. The third-order valence-corrected chi connectivity index (χ3v) is 5.86. The van der Waals surface area contributed by atoms with Gasteiger partial charge in [0.1, 0.15) is 11.5 Å². The van der Waals surface area contributed by atoms with E-state index in [0.29, 0.717) is 6.04 Å². The molecule has 27 heavy (non-hydrogen) atoms. The normalized spacial score (nSPS) is 19.1. The number of H-pyrrole nitrogens is 1. The van der Waals surface area contributed by atoms with Crippen molar-refractivity contribution in [3.05, 3.63) is 24.7 Å². The van der Waals surface area contributed by atoms with Crippen LogP contribution in [0.5, 0.6) is 0 Å². The van der Waals surface area contributed by atoms with E-state index in [2.05, 4.69) is 36.5 Å². The van der Waals surface area contributed by atoms with Gasteiger partial charge in [-0.25, -0.2) is 4.98 Å². The fourth-order valence-corrected chi connectivity index (χ4v) is 4.36. The van der Waals surface area contributed by atoms with Gasteiger partial charge in [0.25, 0.3) is 0 Å². The van der Waals surface area contributed by atoms with Crippen LogP contribution in [0, 0.1) is 5.92 Å². The fraction of sp³-hybridized carbons (Fsp3) is 0.550. The third kappa shape index (κ3) is 3.43. The highest BCUT2D eigenvalue weighted by Crippen LogP contribution is 2.32. The van der Waals surface area contributed by atoms with Crippen LogP contribution in [0.2, 0.25) is 0 Å². The summed E-state index contributed by atoms with van der Waals surface area (Å²) in [4.78, 5) is 4.61. The average Bonchev–Trinajstić information content (AvgIpc) is 3.44. The Kier molecular flexibility index (Phi) is 4.53. The average molecular weight is 366 g/mol. The number of ether oxygens (including phenoxy) is 1. The molecule has 4 heterocycles. The van der Waals surface area contributed by atoms with Crippen molar-refractivity contribution in [1.29, 1.82) is 0 Å². The van der Waals surface area contributed by atoms with E-state index in [1.165, 1.54) is 25.7 Å². The minimum Gasteiger partial charge on any atom is -0.381 e. The predicted octanol–water partition coefficient (Wildman–Crippen LogP) is 3.60. The minimum atomic E-state index is 0.393. The van der Waals surface area contributed by atoms with Crippen molar-refractivity contribution in [2.45, 2.75) is 51.1 Å². The van der Waals surface area contributed by atoms with E-state index in [-0.39, 0.29) is 0 Å². The molecule has 1 saturated heterocycles. The first kappa shape index (κ1) is 16.7. The Morgan fingerprint density at radius 1 is 1.19 bits per heavy atom. The number of aromatic amines is 1. The van der Waals surface area contributed by atoms with Crippen LogP contribution in [0.1, 0.15) is 38.5 Å². The summed E-state index contributed by atoms with van der Waals surface area (Å²) < 4.78 is 7.55. The maximum atomic E-state index is 5.47. The number of nitrogens with zero attached hydrogens (tertiary/aromatic N) is 4. The van der Waals surface area contributed by atoms with E-state index < -0.39 is 0 Å². The number of anilines is 1. The summed E-state index contributed by atoms with van der Waals surface area (Å²) in [6.07, 6.45) is 13.2. The molecule has 1 aliphatic heterocycles. The number of pyridine rings is 1. The summed E-state index contributed by atoms with van der Waals surface area (Å²) in [7, 11) is 0. The predicted molar refractivity (Wildman–Crippen MR) is 105 cm³/mol. The molecule has 7 heteroatoms. The third-order valence-electron chi connectivity index (χ3n) is 5.86. The maximum Gasteiger partial charge on any atom is 0.137 e. The van der Waals surface area contributed by atoms with Crippen LogP contribution in [-0.4, -0.2) is 44.2 Å². The molecule has 142 valence electrons. The number of rotatable bonds is 5. The van der Waals surface area contributed by atoms with Crippen molar-refractivity contribution in [3.8, 4) is 11.3 Å². The highest BCUT2D eigenvalue weighted by molar-refractivity contribution is 6.00. The van der Waals surface area contributed by atoms with Gasteiger partial charge in [-0.15, -0.1) is 0 Å². The lowest BCUT2D eigenvalue weighted by molar-refractivity contribution is 0.0904. The number of hydrogen-bond acceptors (Lipinski definition) is 5. The Morgan fingerprint density at radius 2 is 2.04 bits per heavy atom. The Bertz CT molecular complexity index is 904. The van der Waals surface area contributed by atoms with Crippen LogP contribution < -0.4 is 5.32 Å². The van der Waals surface area contributed by atoms with Crippen molar-refractivity contribution in [2.24, 2.45) is 5.92 Å². The van der Waals surface area contributed by atoms with E-state index in [9.17, 15) is 0 Å². The second kappa shape index (κ2) is 7.31. The first-order valence-electron chi connectivity index (χ1n) is 10.1. The second-order valence-corrected chi connectivity index (χ2v) is 7.79. The Morgan fingerprint density at radius 3 is 2.89 bits per heavy atom. The van der Waals surface area contributed by atoms with E-state index in [1.807, 2.05) is 18.5 Å². The molecule has 1 saturated carbocycles. The molecule has 1 aliphatic carbocycles. The quantitative estimate of drug-likeness (QED) is 0.721. The summed E-state index contributed by atoms with van der Waals surface area (Å²) in [6.45, 7) is 2.62. The Hall–Kier alpha value is -2.41. The maximum absolute atomic E-state index is 5.47. The molecule has 0 atom stereocenters. The van der Waals surface area contributed by atoms with E-state index in [0.717, 1.165) is 66.5 Å². The van der Waals surface area contributed by atoms with Gasteiger partial charge in [-0.3, -0.25) is 9.78 Å². The largest absolute Gasteiger partial charge is 0.381 e. The highest BCUT2D eigenvalue weighted by atomic mass is 16.5. The van der Waals surface area contributed by atoms with Gasteiger partial charge in [0.15, 0.2) is 0 Å². The molecule has 0 amide bonds. The van der Waals surface area contributed by atoms with E-state index in [4.69, 9.17) is 4.74 Å². The molecule has 0 bridgehead atoms. The van der Waals surface area contributed by atoms with Gasteiger partial charge < -0.3 is 10.1 Å². The number of fused-ring (bicyclic) bond motifs is 1. The van der Waals surface area contributed by atoms with Crippen molar-refractivity contribution in [2.75, 3.05) is 18.5 Å². The van der Waals surface area contributed by atoms with Crippen LogP contribution in [-0.2, 0) is 11.3 Å². The summed E-state index contributed by atoms with van der Waals surface area (Å²) in [6, 6.07) is 2.37. The zero-order valence-electron chi connectivity index (χ0n) is 15.5. The summed E-state index contributed by atoms with van der Waals surface area (Å²) in [5.74, 6) is 1.66. The monoisotopic (exact) mass is 366 g/mol. The molecule has 7 nitrogen and oxygen atoms in total. The van der Waals surface area contributed by atoms with Crippen LogP contribution in [0.25, 0.3) is 22.2 Å². The highest BCUT2D eigenvalue weighted by Gasteiger charge is 2.20. The molecule has 2 N–H and O–H groups in total. The van der Waals surface area contributed by atoms with Crippen molar-refractivity contribution in [1.82, 2.24) is 25.0 Å². The van der Waals surface area contributed by atoms with E-state index >= 15 is 0 Å². The van der Waals surface area contributed by atoms with Gasteiger partial charge in [-0.05, 0) is 37.7 Å². The molecular formula is C20H26N6O. The standard InChI is InChI=1S/C20H26N6O/c1-2-4-14(3-1)12-26-13-15(11-22-26)19-18-17(24-25-19)5-8-21-20(18)23-16-6-9-27-10-7-16/h5,8,11,13-14,16H,1-4,6-7,9-10,12H2,(H,21,23)(H,24,25). The van der Waals surface area contributed by atoms with Gasteiger partial charge in [0, 0.05) is 43.8 Å². The lowest BCUT2D eigenvalue weighted by atomic mass is 10.1. The number of aromatic nitrogens is 5. The molecule has 3 aromatic heterocycles. The van der Waals surface area contributed by atoms with Crippen LogP contribution in [0.15, 0.2) is 24.7 Å². The van der Waals surface area contributed by atoms with E-state index in [1.54, 1.807) is 0 Å². The Balaban J connectivity index is 1.43. The molecule has 3 aromatic rings. The Labute approximate surface area is 158 Å². The molecule has 2 fully saturated rings. The van der Waals surface area contributed by atoms with Crippen molar-refractivity contribution >= 4 is 16.7 Å². The summed E-state index contributed by atoms with van der Waals surface area (Å²) in [5, 5.41) is 17.0. The molecule has 0 spiro atoms. The lowest BCUT2D eigenvalue weighted by Crippen LogP contribution is -2.28. The molecule has 2 aliphatic rings. The fourth-order valence-electron chi connectivity index (χ4n) is 4.36. The minimum absolute atomic E-state index is 0.393. The van der Waals surface area contributed by atoms with Crippen LogP contribution >= 0.6 is 0 Å². The van der Waals surface area contributed by atoms with Gasteiger partial charge in [0.05, 0.1) is 17.1 Å². The molecule has 0 radical (unpaired) electrons. The molecule has 5 rings (SSSR count). The summed E-state index contributed by atoms with van der Waals surface area (Å²) in [5.41, 5.74) is 2.96. The van der Waals surface area contributed by atoms with Gasteiger partial charge in [-0.2, -0.15) is 10.2 Å². The number of hydrogen-bond donors (Lipinski definition) is 2. The smallest absolute Gasteiger partial charge is 0.137 e. The first-order chi connectivity index (χ1) is 13.4. The topological polar surface area (TPSA) is 80.7 Å². The van der Waals surface area contributed by atoms with Crippen molar-refractivity contribution in [3.63, 3.8) is 0 Å². The summed E-state index contributed by atoms with van der Waals surface area (Å²) >= 11 is 0. The molecule has 0 unspecified atom stereocenters. The first-order valence-corrected chi connectivity index (χ1v) is 10.1. The zero-order chi connectivity index (χ0) is 18.1. The van der Waals surface area contributed by atoms with Gasteiger partial charge in [-0.1, -0.05) is 12.8 Å². The lowest BCUT2D eigenvalue weighted by Gasteiger charge is -2.23.